The van der Waals surface area contributed by atoms with Crippen molar-refractivity contribution in [3.05, 3.63) is 130 Å². The van der Waals surface area contributed by atoms with Crippen molar-refractivity contribution in [2.24, 2.45) is 0 Å². The van der Waals surface area contributed by atoms with Gasteiger partial charge in [-0.1, -0.05) is 89.3 Å². The summed E-state index contributed by atoms with van der Waals surface area (Å²) in [5.74, 6) is 0.464. The molecular formula is C39H35N3O6S2. The molecule has 1 fully saturated rings. The first-order valence-electron chi connectivity index (χ1n) is 16.3. The Kier molecular flexibility index (Phi) is 9.60. The second-order valence-corrected chi connectivity index (χ2v) is 14.3. The first-order valence-corrected chi connectivity index (χ1v) is 18.2. The van der Waals surface area contributed by atoms with Crippen molar-refractivity contribution in [1.82, 2.24) is 10.2 Å². The molecule has 2 atom stereocenters. The average Bonchev–Trinajstić information content (AvgIpc) is 3.82. The van der Waals surface area contributed by atoms with Crippen molar-refractivity contribution in [3.8, 4) is 17.2 Å². The van der Waals surface area contributed by atoms with Crippen molar-refractivity contribution in [2.75, 3.05) is 11.5 Å². The summed E-state index contributed by atoms with van der Waals surface area (Å²) in [6, 6.07) is 27.6. The molecule has 5 aromatic rings. The topological polar surface area (TPSA) is 111 Å². The lowest BCUT2D eigenvalue weighted by Crippen LogP contribution is -2.29. The highest BCUT2D eigenvalue weighted by Crippen LogP contribution is 2.46. The SMILES string of the molecule is CCOc1cc([C@@H]2/C(=C(\O)c3ccc4c(c3)C[C@@H](C)O4)C(=O)C(=O)N2c2nnc(SCc3ccc(C)cc3)s2)ccc1OCc1ccccc1. The Balaban J connectivity index is 1.27. The van der Waals surface area contributed by atoms with Gasteiger partial charge in [-0.25, -0.2) is 0 Å². The molecule has 0 spiro atoms. The molecular weight excluding hydrogens is 671 g/mol. The molecule has 11 heteroatoms. The maximum absolute atomic E-state index is 13.9. The largest absolute Gasteiger partial charge is 0.507 e. The standard InChI is InChI=1S/C39H35N3O6S2/c1-4-46-32-20-27(14-17-31(32)47-21-25-8-6-5-7-9-25)34-33(35(43)28-15-16-30-29(19-28)18-24(3)48-30)36(44)37(45)42(34)38-40-41-39(50-38)49-22-26-12-10-23(2)11-13-26/h5-17,19-20,24,34,43H,4,18,21-22H2,1-3H3/b35-33+/t24-,34-/m1/s1. The number of anilines is 1. The van der Waals surface area contributed by atoms with Crippen LogP contribution in [0.1, 0.15) is 53.3 Å². The number of aromatic nitrogens is 2. The summed E-state index contributed by atoms with van der Waals surface area (Å²) in [6.07, 6.45) is 0.674. The van der Waals surface area contributed by atoms with Gasteiger partial charge in [0, 0.05) is 17.7 Å². The van der Waals surface area contributed by atoms with Gasteiger partial charge < -0.3 is 19.3 Å². The number of aliphatic hydroxyl groups excluding tert-OH is 1. The molecule has 7 rings (SSSR count). The number of ether oxygens (including phenoxy) is 3. The molecule has 0 aliphatic carbocycles. The van der Waals surface area contributed by atoms with Crippen LogP contribution in [0.3, 0.4) is 0 Å². The van der Waals surface area contributed by atoms with Crippen molar-refractivity contribution >= 4 is 45.7 Å². The summed E-state index contributed by atoms with van der Waals surface area (Å²) in [7, 11) is 0. The van der Waals surface area contributed by atoms with E-state index in [9.17, 15) is 14.7 Å². The molecule has 1 saturated heterocycles. The average molecular weight is 706 g/mol. The molecule has 9 nitrogen and oxygen atoms in total. The van der Waals surface area contributed by atoms with Crippen LogP contribution in [0.2, 0.25) is 0 Å². The Hall–Kier alpha value is -5.13. The molecule has 2 aliphatic heterocycles. The van der Waals surface area contributed by atoms with Crippen LogP contribution < -0.4 is 19.1 Å². The number of amides is 1. The van der Waals surface area contributed by atoms with Gasteiger partial charge in [0.05, 0.1) is 18.2 Å². The van der Waals surface area contributed by atoms with E-state index in [-0.39, 0.29) is 22.6 Å². The number of carbonyl (C=O) groups excluding carboxylic acids is 2. The molecule has 1 amide bonds. The van der Waals surface area contributed by atoms with Gasteiger partial charge in [-0.05, 0) is 73.4 Å². The highest BCUT2D eigenvalue weighted by Gasteiger charge is 2.48. The fourth-order valence-electron chi connectivity index (χ4n) is 6.08. The Labute approximate surface area is 298 Å². The molecule has 3 heterocycles. The van der Waals surface area contributed by atoms with Crippen molar-refractivity contribution in [2.45, 2.75) is 56.0 Å². The maximum Gasteiger partial charge on any atom is 0.301 e. The second kappa shape index (κ2) is 14.4. The number of benzene rings is 4. The molecule has 0 saturated carbocycles. The van der Waals surface area contributed by atoms with Gasteiger partial charge in [0.2, 0.25) is 5.13 Å². The monoisotopic (exact) mass is 705 g/mol. The number of Topliss-reactive ketones (excluding diaryl/α,β-unsaturated/α-hetero) is 1. The fourth-order valence-corrected chi connectivity index (χ4v) is 7.90. The van der Waals surface area contributed by atoms with Crippen LogP contribution in [0.5, 0.6) is 17.2 Å². The van der Waals surface area contributed by atoms with Gasteiger partial charge >= 0.3 is 5.91 Å². The van der Waals surface area contributed by atoms with Crippen LogP contribution >= 0.6 is 23.1 Å². The molecule has 2 aliphatic rings. The highest BCUT2D eigenvalue weighted by molar-refractivity contribution is 8.00. The van der Waals surface area contributed by atoms with E-state index >= 15 is 0 Å². The zero-order chi connectivity index (χ0) is 34.8. The van der Waals surface area contributed by atoms with Crippen LogP contribution in [-0.2, 0) is 28.4 Å². The number of ketones is 1. The van der Waals surface area contributed by atoms with Gasteiger partial charge in [0.15, 0.2) is 15.8 Å². The van der Waals surface area contributed by atoms with Crippen molar-refractivity contribution in [1.29, 1.82) is 0 Å². The summed E-state index contributed by atoms with van der Waals surface area (Å²) >= 11 is 2.72. The number of aryl methyl sites for hydroxylation is 1. The number of fused-ring (bicyclic) bond motifs is 1. The first kappa shape index (κ1) is 33.4. The smallest absolute Gasteiger partial charge is 0.301 e. The van der Waals surface area contributed by atoms with E-state index in [1.54, 1.807) is 30.3 Å². The molecule has 4 aromatic carbocycles. The molecule has 0 unspecified atom stereocenters. The van der Waals surface area contributed by atoms with Crippen LogP contribution in [0.4, 0.5) is 5.13 Å². The van der Waals surface area contributed by atoms with E-state index < -0.39 is 17.7 Å². The Bertz CT molecular complexity index is 2080. The maximum atomic E-state index is 13.9. The Morgan fingerprint density at radius 3 is 2.54 bits per heavy atom. The van der Waals surface area contributed by atoms with E-state index in [0.717, 1.165) is 22.4 Å². The number of carbonyl (C=O) groups is 2. The molecule has 50 heavy (non-hydrogen) atoms. The number of rotatable bonds is 11. The quantitative estimate of drug-likeness (QED) is 0.0480. The third-order valence-electron chi connectivity index (χ3n) is 8.52. The number of thioether (sulfide) groups is 1. The zero-order valence-corrected chi connectivity index (χ0v) is 29.4. The lowest BCUT2D eigenvalue weighted by atomic mass is 9.94. The lowest BCUT2D eigenvalue weighted by molar-refractivity contribution is -0.132. The Morgan fingerprint density at radius 1 is 0.960 bits per heavy atom. The van der Waals surface area contributed by atoms with Crippen LogP contribution in [-0.4, -0.2) is 39.7 Å². The van der Waals surface area contributed by atoms with E-state index in [4.69, 9.17) is 14.2 Å². The van der Waals surface area contributed by atoms with Gasteiger partial charge in [0.1, 0.15) is 24.2 Å². The minimum Gasteiger partial charge on any atom is -0.507 e. The van der Waals surface area contributed by atoms with Crippen LogP contribution in [0.25, 0.3) is 5.76 Å². The van der Waals surface area contributed by atoms with Crippen LogP contribution in [0, 0.1) is 6.92 Å². The van der Waals surface area contributed by atoms with E-state index in [0.29, 0.717) is 52.4 Å². The third-order valence-corrected chi connectivity index (χ3v) is 10.6. The molecule has 0 bridgehead atoms. The minimum absolute atomic E-state index is 0.00284. The van der Waals surface area contributed by atoms with E-state index in [2.05, 4.69) is 34.5 Å². The van der Waals surface area contributed by atoms with Gasteiger partial charge in [0.25, 0.3) is 5.78 Å². The fraction of sp³-hybridized carbons (Fsp3) is 0.231. The Morgan fingerprint density at radius 2 is 1.76 bits per heavy atom. The summed E-state index contributed by atoms with van der Waals surface area (Å²) in [5.41, 5.74) is 5.14. The van der Waals surface area contributed by atoms with E-state index in [1.165, 1.54) is 33.6 Å². The number of aliphatic hydroxyl groups is 1. The van der Waals surface area contributed by atoms with E-state index in [1.807, 2.05) is 57.2 Å². The summed E-state index contributed by atoms with van der Waals surface area (Å²) in [6.45, 7) is 6.58. The van der Waals surface area contributed by atoms with Gasteiger partial charge in [-0.2, -0.15) is 0 Å². The van der Waals surface area contributed by atoms with Crippen molar-refractivity contribution < 1.29 is 28.9 Å². The third kappa shape index (κ3) is 6.83. The molecule has 0 radical (unpaired) electrons. The normalized spacial score (nSPS) is 17.9. The number of hydrogen-bond donors (Lipinski definition) is 1. The lowest BCUT2D eigenvalue weighted by Gasteiger charge is -2.24. The van der Waals surface area contributed by atoms with Gasteiger partial charge in [-0.15, -0.1) is 10.2 Å². The predicted molar refractivity (Wildman–Crippen MR) is 194 cm³/mol. The van der Waals surface area contributed by atoms with Gasteiger partial charge in [-0.3, -0.25) is 14.5 Å². The van der Waals surface area contributed by atoms with Crippen LogP contribution in [0.15, 0.2) is 101 Å². The molecule has 1 N–H and O–H groups in total. The summed E-state index contributed by atoms with van der Waals surface area (Å²) < 4.78 is 18.7. The summed E-state index contributed by atoms with van der Waals surface area (Å²) in [4.78, 5) is 29.2. The predicted octanol–water partition coefficient (Wildman–Crippen LogP) is 8.07. The second-order valence-electron chi connectivity index (χ2n) is 12.2. The first-order chi connectivity index (χ1) is 24.3. The summed E-state index contributed by atoms with van der Waals surface area (Å²) in [5, 5.41) is 20.8. The minimum atomic E-state index is -1.01. The zero-order valence-electron chi connectivity index (χ0n) is 27.8. The highest BCUT2D eigenvalue weighted by atomic mass is 32.2. The number of nitrogens with zero attached hydrogens (tertiary/aromatic N) is 3. The molecule has 1 aromatic heterocycles. The number of hydrogen-bond acceptors (Lipinski definition) is 10. The molecule has 254 valence electrons. The van der Waals surface area contributed by atoms with Crippen molar-refractivity contribution in [3.63, 3.8) is 0 Å².